The molecule has 1 aromatic carbocycles. The van der Waals surface area contributed by atoms with Crippen LogP contribution in [0.4, 0.5) is 5.69 Å². The van der Waals surface area contributed by atoms with Gasteiger partial charge in [0.2, 0.25) is 11.1 Å². The second kappa shape index (κ2) is 5.02. The number of benzene rings is 1. The molecule has 0 aromatic heterocycles. The minimum atomic E-state index is -4.91. The first-order chi connectivity index (χ1) is 8.54. The molecule has 0 aliphatic heterocycles. The molecule has 0 saturated heterocycles. The number of methoxy groups -OCH3 is 1. The highest BCUT2D eigenvalue weighted by atomic mass is 79.9. The summed E-state index contributed by atoms with van der Waals surface area (Å²) >= 11 is 2.63. The lowest BCUT2D eigenvalue weighted by Gasteiger charge is -2.08. The maximum absolute atomic E-state index is 11.2. The van der Waals surface area contributed by atoms with Crippen molar-refractivity contribution >= 4 is 41.9 Å². The highest BCUT2D eigenvalue weighted by Gasteiger charge is 2.35. The molecule has 0 spiro atoms. The third-order valence-corrected chi connectivity index (χ3v) is 5.10. The van der Waals surface area contributed by atoms with E-state index in [9.17, 15) is 16.8 Å². The summed E-state index contributed by atoms with van der Waals surface area (Å²) in [5.74, 6) is -0.593. The zero-order chi connectivity index (χ0) is 15.0. The maximum atomic E-state index is 11.2. The van der Waals surface area contributed by atoms with Crippen molar-refractivity contribution in [2.24, 2.45) is 0 Å². The van der Waals surface area contributed by atoms with Crippen LogP contribution in [0.5, 0.6) is 5.75 Å². The molecule has 0 atom stereocenters. The van der Waals surface area contributed by atoms with Crippen LogP contribution >= 0.6 is 15.9 Å². The van der Waals surface area contributed by atoms with Gasteiger partial charge in [0.1, 0.15) is 4.90 Å². The number of ether oxygens (including phenoxy) is 1. The molecule has 0 fully saturated rings. The molecule has 104 valence electrons. The Morgan fingerprint density at radius 1 is 1.26 bits per heavy atom. The Kier molecular flexibility index (Phi) is 4.17. The van der Waals surface area contributed by atoms with Gasteiger partial charge in [-0.1, -0.05) is 0 Å². The first-order valence-electron chi connectivity index (χ1n) is 4.24. The van der Waals surface area contributed by atoms with Gasteiger partial charge in [-0.25, -0.2) is 0 Å². The van der Waals surface area contributed by atoms with Crippen LogP contribution < -0.4 is 4.74 Å². The fourth-order valence-corrected chi connectivity index (χ4v) is 4.20. The predicted molar refractivity (Wildman–Crippen MR) is 65.1 cm³/mol. The lowest BCUT2D eigenvalue weighted by molar-refractivity contribution is 0.398. The minimum absolute atomic E-state index is 0.593. The van der Waals surface area contributed by atoms with Gasteiger partial charge in [0, 0.05) is 0 Å². The predicted octanol–water partition coefficient (Wildman–Crippen LogP) is 1.44. The molecule has 0 aliphatic carbocycles. The Morgan fingerprint density at radius 2 is 1.79 bits per heavy atom. The third kappa shape index (κ3) is 3.01. The second-order valence-corrected chi connectivity index (χ2v) is 6.66. The van der Waals surface area contributed by atoms with E-state index >= 15 is 0 Å². The van der Waals surface area contributed by atoms with Crippen LogP contribution in [0.2, 0.25) is 0 Å². The zero-order valence-electron chi connectivity index (χ0n) is 9.10. The topological polar surface area (TPSA) is 146 Å². The van der Waals surface area contributed by atoms with Crippen LogP contribution in [-0.2, 0) is 20.2 Å². The number of rotatable bonds is 3. The second-order valence-electron chi connectivity index (χ2n) is 3.12. The minimum Gasteiger partial charge on any atom is -0.488 e. The molecule has 0 saturated carbocycles. The molecule has 0 aliphatic rings. The monoisotopic (exact) mass is 373 g/mol. The SMILES string of the molecule is COc1c([N+]#N)cc(S(=O)(=O)O)c(Br)c1S(=O)(=O)O. The fraction of sp³-hybridized carbons (Fsp3) is 0.143. The van der Waals surface area contributed by atoms with Gasteiger partial charge in [0.15, 0.2) is 9.87 Å². The zero-order valence-corrected chi connectivity index (χ0v) is 12.3. The van der Waals surface area contributed by atoms with Crippen molar-refractivity contribution in [2.45, 2.75) is 9.79 Å². The summed E-state index contributed by atoms with van der Waals surface area (Å²) in [6.07, 6.45) is 0. The van der Waals surface area contributed by atoms with E-state index in [0.29, 0.717) is 6.07 Å². The standard InChI is InChI=1S/C7H5BrN2O7S2/c1-17-6-3(10-9)2-4(18(11,12)13)5(8)7(6)19(14,15)16/h2H,1H3,(H-,11,12,13,14,15,16)/p+1. The molecule has 1 rings (SSSR count). The van der Waals surface area contributed by atoms with Gasteiger partial charge < -0.3 is 4.74 Å². The largest absolute Gasteiger partial charge is 0.488 e. The van der Waals surface area contributed by atoms with E-state index in [1.807, 2.05) is 0 Å². The Balaban J connectivity index is 4.06. The van der Waals surface area contributed by atoms with Crippen molar-refractivity contribution in [3.8, 4) is 5.75 Å². The summed E-state index contributed by atoms with van der Waals surface area (Å²) in [4.78, 5) is 0.737. The first kappa shape index (κ1) is 15.8. The third-order valence-electron chi connectivity index (χ3n) is 1.97. The Morgan fingerprint density at radius 3 is 2.11 bits per heavy atom. The fourth-order valence-electron chi connectivity index (χ4n) is 1.27. The molecule has 19 heavy (non-hydrogen) atoms. The number of diazo groups is 1. The molecule has 2 N–H and O–H groups in total. The van der Waals surface area contributed by atoms with E-state index in [1.54, 1.807) is 0 Å². The molecule has 0 bridgehead atoms. The smallest absolute Gasteiger partial charge is 0.429 e. The molecule has 0 amide bonds. The highest BCUT2D eigenvalue weighted by Crippen LogP contribution is 2.43. The van der Waals surface area contributed by atoms with E-state index in [-0.39, 0.29) is 0 Å². The van der Waals surface area contributed by atoms with Gasteiger partial charge in [-0.2, -0.15) is 16.8 Å². The lowest BCUT2D eigenvalue weighted by Crippen LogP contribution is -2.07. The Labute approximate surface area is 116 Å². The van der Waals surface area contributed by atoms with Gasteiger partial charge in [-0.05, 0) is 15.9 Å². The van der Waals surface area contributed by atoms with Crippen molar-refractivity contribution in [3.05, 3.63) is 15.5 Å². The van der Waals surface area contributed by atoms with Gasteiger partial charge in [-0.3, -0.25) is 9.11 Å². The Hall–Kier alpha value is -1.26. The average Bonchev–Trinajstić information content (AvgIpc) is 2.24. The van der Waals surface area contributed by atoms with Crippen LogP contribution in [-0.4, -0.2) is 33.1 Å². The van der Waals surface area contributed by atoms with Crippen LogP contribution in [0.15, 0.2) is 20.3 Å². The van der Waals surface area contributed by atoms with Crippen LogP contribution in [0.1, 0.15) is 0 Å². The number of halogens is 1. The van der Waals surface area contributed by atoms with E-state index in [2.05, 4.69) is 25.6 Å². The summed E-state index contributed by atoms with van der Waals surface area (Å²) in [6.45, 7) is 0. The van der Waals surface area contributed by atoms with E-state index in [0.717, 1.165) is 7.11 Å². The summed E-state index contributed by atoms with van der Waals surface area (Å²) in [5.41, 5.74) is -0.606. The van der Waals surface area contributed by atoms with Gasteiger partial charge in [-0.15, -0.1) is 0 Å². The van der Waals surface area contributed by atoms with Crippen LogP contribution in [0.25, 0.3) is 4.98 Å². The molecule has 0 unspecified atom stereocenters. The number of hydrogen-bond acceptors (Lipinski definition) is 6. The lowest BCUT2D eigenvalue weighted by atomic mass is 10.3. The molecule has 0 heterocycles. The van der Waals surface area contributed by atoms with Crippen molar-refractivity contribution in [1.82, 2.24) is 0 Å². The van der Waals surface area contributed by atoms with Crippen molar-refractivity contribution in [2.75, 3.05) is 7.11 Å². The maximum Gasteiger partial charge on any atom is 0.429 e. The normalized spacial score (nSPS) is 11.9. The summed E-state index contributed by atoms with van der Waals surface area (Å²) < 4.78 is 66.6. The van der Waals surface area contributed by atoms with Gasteiger partial charge in [0.25, 0.3) is 20.2 Å². The van der Waals surface area contributed by atoms with Crippen LogP contribution in [0.3, 0.4) is 0 Å². The molecule has 0 radical (unpaired) electrons. The van der Waals surface area contributed by atoms with E-state index in [4.69, 9.17) is 14.5 Å². The van der Waals surface area contributed by atoms with Crippen molar-refractivity contribution < 1.29 is 30.7 Å². The highest BCUT2D eigenvalue weighted by molar-refractivity contribution is 9.10. The summed E-state index contributed by atoms with van der Waals surface area (Å²) in [7, 11) is -8.72. The molecular weight excluding hydrogens is 368 g/mol. The molecule has 1 aromatic rings. The quantitative estimate of drug-likeness (QED) is 0.597. The van der Waals surface area contributed by atoms with Crippen molar-refractivity contribution in [1.29, 1.82) is 5.39 Å². The Bertz CT molecular complexity index is 779. The average molecular weight is 374 g/mol. The molecule has 12 heteroatoms. The molecule has 9 nitrogen and oxygen atoms in total. The summed E-state index contributed by atoms with van der Waals surface area (Å²) in [5, 5.41) is 8.70. The first-order valence-corrected chi connectivity index (χ1v) is 7.92. The van der Waals surface area contributed by atoms with Crippen molar-refractivity contribution in [3.63, 3.8) is 0 Å². The number of hydrogen-bond donors (Lipinski definition) is 2. The van der Waals surface area contributed by atoms with E-state index in [1.165, 1.54) is 0 Å². The van der Waals surface area contributed by atoms with E-state index < -0.39 is 45.9 Å². The van der Waals surface area contributed by atoms with Gasteiger partial charge >= 0.3 is 5.69 Å². The van der Waals surface area contributed by atoms with Gasteiger partial charge in [0.05, 0.1) is 17.6 Å². The van der Waals surface area contributed by atoms with Crippen LogP contribution in [0, 0.1) is 5.39 Å². The summed E-state index contributed by atoms with van der Waals surface area (Å²) in [6, 6.07) is 0.660. The number of nitrogens with zero attached hydrogens (tertiary/aromatic N) is 2. The molecular formula is C7H6BrN2O7S2+.